The summed E-state index contributed by atoms with van der Waals surface area (Å²) in [6.45, 7) is 6.27. The Morgan fingerprint density at radius 2 is 1.57 bits per heavy atom. The highest BCUT2D eigenvalue weighted by molar-refractivity contribution is 5.49. The lowest BCUT2D eigenvalue weighted by atomic mass is 10.4. The summed E-state index contributed by atoms with van der Waals surface area (Å²) in [5, 5.41) is 0. The third-order valence-corrected chi connectivity index (χ3v) is 2.68. The van der Waals surface area contributed by atoms with Crippen LogP contribution in [0.25, 0.3) is 0 Å². The number of nitrogens with zero attached hydrogens (tertiary/aromatic N) is 1. The van der Waals surface area contributed by atoms with Gasteiger partial charge in [-0.25, -0.2) is 0 Å². The summed E-state index contributed by atoms with van der Waals surface area (Å²) in [6, 6.07) is 1.73. The Hall–Kier alpha value is -1.37. The van der Waals surface area contributed by atoms with Crippen LogP contribution in [-0.4, -0.2) is 51.2 Å². The zero-order valence-electron chi connectivity index (χ0n) is 12.8. The van der Waals surface area contributed by atoms with Crippen LogP contribution in [0, 0.1) is 0 Å². The minimum Gasteiger partial charge on any atom is -0.489 e. The van der Waals surface area contributed by atoms with Crippen LogP contribution in [0.1, 0.15) is 19.8 Å². The maximum absolute atomic E-state index is 5.70. The van der Waals surface area contributed by atoms with Crippen molar-refractivity contribution in [3.05, 3.63) is 18.5 Å². The molecule has 0 fully saturated rings. The highest BCUT2D eigenvalue weighted by atomic mass is 16.6. The van der Waals surface area contributed by atoms with Crippen molar-refractivity contribution in [1.82, 2.24) is 4.98 Å². The van der Waals surface area contributed by atoms with Gasteiger partial charge in [0.05, 0.1) is 44.9 Å². The first-order valence-corrected chi connectivity index (χ1v) is 7.40. The minimum absolute atomic E-state index is 0.453. The first-order valence-electron chi connectivity index (χ1n) is 7.40. The SMILES string of the molecule is CCCCOCCOCCOCCOc1ccncc1N. The number of ether oxygens (including phenoxy) is 4. The van der Waals surface area contributed by atoms with Crippen molar-refractivity contribution in [3.63, 3.8) is 0 Å². The van der Waals surface area contributed by atoms with Crippen LogP contribution in [0.5, 0.6) is 5.75 Å². The van der Waals surface area contributed by atoms with Gasteiger partial charge in [-0.3, -0.25) is 4.98 Å². The molecule has 0 bridgehead atoms. The highest BCUT2D eigenvalue weighted by Gasteiger charge is 1.98. The molecule has 1 aromatic heterocycles. The second kappa shape index (κ2) is 12.4. The Bertz CT molecular complexity index is 363. The summed E-state index contributed by atoms with van der Waals surface area (Å²) in [4.78, 5) is 3.89. The largest absolute Gasteiger partial charge is 0.489 e. The van der Waals surface area contributed by atoms with E-state index < -0.39 is 0 Å². The van der Waals surface area contributed by atoms with E-state index in [2.05, 4.69) is 11.9 Å². The number of aromatic nitrogens is 1. The zero-order chi connectivity index (χ0) is 15.2. The molecule has 0 atom stereocenters. The van der Waals surface area contributed by atoms with E-state index in [1.54, 1.807) is 18.5 Å². The number of rotatable bonds is 13. The van der Waals surface area contributed by atoms with Crippen LogP contribution in [0.15, 0.2) is 18.5 Å². The molecule has 0 unspecified atom stereocenters. The van der Waals surface area contributed by atoms with Gasteiger partial charge in [0.25, 0.3) is 0 Å². The fourth-order valence-electron chi connectivity index (χ4n) is 1.52. The van der Waals surface area contributed by atoms with Gasteiger partial charge in [0.2, 0.25) is 0 Å². The molecular weight excluding hydrogens is 272 g/mol. The van der Waals surface area contributed by atoms with E-state index in [1.807, 2.05) is 0 Å². The van der Waals surface area contributed by atoms with Crippen LogP contribution in [-0.2, 0) is 14.2 Å². The monoisotopic (exact) mass is 298 g/mol. The van der Waals surface area contributed by atoms with E-state index >= 15 is 0 Å². The molecule has 1 heterocycles. The number of pyridine rings is 1. The van der Waals surface area contributed by atoms with Crippen molar-refractivity contribution in [2.75, 3.05) is 52.0 Å². The molecule has 21 heavy (non-hydrogen) atoms. The van der Waals surface area contributed by atoms with Crippen molar-refractivity contribution < 1.29 is 18.9 Å². The standard InChI is InChI=1S/C15H26N2O4/c1-2-3-6-18-7-8-19-9-10-20-11-12-21-15-4-5-17-13-14(15)16/h4-5,13H,2-3,6-12,16H2,1H3. The number of unbranched alkanes of at least 4 members (excludes halogenated alkanes) is 1. The summed E-state index contributed by atoms with van der Waals surface area (Å²) in [7, 11) is 0. The first-order chi connectivity index (χ1) is 10.3. The number of nitrogen functional groups attached to an aromatic ring is 1. The maximum atomic E-state index is 5.70. The molecule has 0 aliphatic heterocycles. The van der Waals surface area contributed by atoms with E-state index in [0.717, 1.165) is 19.4 Å². The molecule has 0 amide bonds. The zero-order valence-corrected chi connectivity index (χ0v) is 12.8. The second-order valence-electron chi connectivity index (χ2n) is 4.45. The summed E-state index contributed by atoms with van der Waals surface area (Å²) in [6.07, 6.45) is 5.46. The van der Waals surface area contributed by atoms with E-state index in [-0.39, 0.29) is 0 Å². The average Bonchev–Trinajstić information content (AvgIpc) is 2.50. The smallest absolute Gasteiger partial charge is 0.145 e. The Kier molecular flexibility index (Phi) is 10.4. The van der Waals surface area contributed by atoms with Gasteiger partial charge < -0.3 is 24.7 Å². The maximum Gasteiger partial charge on any atom is 0.145 e. The summed E-state index contributed by atoms with van der Waals surface area (Å²) >= 11 is 0. The Morgan fingerprint density at radius 1 is 0.952 bits per heavy atom. The van der Waals surface area contributed by atoms with Gasteiger partial charge in [-0.05, 0) is 6.42 Å². The van der Waals surface area contributed by atoms with Crippen molar-refractivity contribution in [1.29, 1.82) is 0 Å². The molecule has 2 N–H and O–H groups in total. The van der Waals surface area contributed by atoms with E-state index in [4.69, 9.17) is 24.7 Å². The first kappa shape index (κ1) is 17.7. The third kappa shape index (κ3) is 9.23. The molecule has 1 rings (SSSR count). The molecule has 0 aliphatic carbocycles. The molecule has 0 spiro atoms. The normalized spacial score (nSPS) is 10.7. The Morgan fingerprint density at radius 3 is 2.19 bits per heavy atom. The van der Waals surface area contributed by atoms with Gasteiger partial charge in [-0.15, -0.1) is 0 Å². The van der Waals surface area contributed by atoms with Crippen LogP contribution in [0.3, 0.4) is 0 Å². The fraction of sp³-hybridized carbons (Fsp3) is 0.667. The van der Waals surface area contributed by atoms with Gasteiger partial charge in [0, 0.05) is 18.9 Å². The van der Waals surface area contributed by atoms with Gasteiger partial charge in [0.15, 0.2) is 0 Å². The number of hydrogen-bond acceptors (Lipinski definition) is 6. The molecule has 120 valence electrons. The van der Waals surface area contributed by atoms with E-state index in [9.17, 15) is 0 Å². The van der Waals surface area contributed by atoms with Gasteiger partial charge in [-0.1, -0.05) is 13.3 Å². The molecule has 0 radical (unpaired) electrons. The molecule has 6 nitrogen and oxygen atoms in total. The third-order valence-electron chi connectivity index (χ3n) is 2.68. The van der Waals surface area contributed by atoms with Crippen molar-refractivity contribution in [2.45, 2.75) is 19.8 Å². The predicted molar refractivity (Wildman–Crippen MR) is 81.5 cm³/mol. The summed E-state index contributed by atoms with van der Waals surface area (Å²) in [5.74, 6) is 0.633. The van der Waals surface area contributed by atoms with Crippen molar-refractivity contribution >= 4 is 5.69 Å². The Balaban J connectivity index is 1.84. The van der Waals surface area contributed by atoms with Crippen LogP contribution in [0.4, 0.5) is 5.69 Å². The molecule has 0 saturated heterocycles. The second-order valence-corrected chi connectivity index (χ2v) is 4.45. The molecule has 0 saturated carbocycles. The number of hydrogen-bond donors (Lipinski definition) is 1. The van der Waals surface area contributed by atoms with Gasteiger partial charge in [-0.2, -0.15) is 0 Å². The number of nitrogens with two attached hydrogens (primary N) is 1. The van der Waals surface area contributed by atoms with Crippen molar-refractivity contribution in [2.24, 2.45) is 0 Å². The lowest BCUT2D eigenvalue weighted by Crippen LogP contribution is -2.13. The van der Waals surface area contributed by atoms with Gasteiger partial charge in [0.1, 0.15) is 12.4 Å². The van der Waals surface area contributed by atoms with Crippen LogP contribution >= 0.6 is 0 Å². The quantitative estimate of drug-likeness (QED) is 0.560. The lowest BCUT2D eigenvalue weighted by Gasteiger charge is -2.09. The van der Waals surface area contributed by atoms with Crippen LogP contribution < -0.4 is 10.5 Å². The molecule has 6 heteroatoms. The van der Waals surface area contributed by atoms with Crippen molar-refractivity contribution in [3.8, 4) is 5.75 Å². The summed E-state index contributed by atoms with van der Waals surface area (Å²) in [5.41, 5.74) is 6.23. The molecular formula is C15H26N2O4. The molecule has 1 aromatic rings. The van der Waals surface area contributed by atoms with Gasteiger partial charge >= 0.3 is 0 Å². The number of anilines is 1. The Labute approximate surface area is 126 Å². The van der Waals surface area contributed by atoms with Crippen LogP contribution in [0.2, 0.25) is 0 Å². The predicted octanol–water partition coefficient (Wildman–Crippen LogP) is 1.89. The molecule has 0 aromatic carbocycles. The highest BCUT2D eigenvalue weighted by Crippen LogP contribution is 2.17. The van der Waals surface area contributed by atoms with E-state index in [1.165, 1.54) is 0 Å². The fourth-order valence-corrected chi connectivity index (χ4v) is 1.52. The average molecular weight is 298 g/mol. The minimum atomic E-state index is 0.453. The lowest BCUT2D eigenvalue weighted by molar-refractivity contribution is 0.00899. The van der Waals surface area contributed by atoms with E-state index in [0.29, 0.717) is 51.1 Å². The summed E-state index contributed by atoms with van der Waals surface area (Å²) < 4.78 is 21.6. The topological polar surface area (TPSA) is 75.8 Å². The molecule has 0 aliphatic rings.